The van der Waals surface area contributed by atoms with Gasteiger partial charge in [0.05, 0.1) is 6.61 Å². The fourth-order valence-corrected chi connectivity index (χ4v) is 2.43. The molecule has 1 saturated heterocycles. The molecule has 2 N–H and O–H groups in total. The monoisotopic (exact) mass is 279 g/mol. The standard InChI is InChI=1S/C14H25N5O/c1-11(2)15-13-10-14(17-12(3)16-13)19-6-4-18(5-7-19)8-9-20/h10-11,20H,4-9H2,1-3H3,(H,15,16,17). The van der Waals surface area contributed by atoms with E-state index in [1.165, 1.54) is 0 Å². The second kappa shape index (κ2) is 6.85. The number of aliphatic hydroxyl groups is 1. The van der Waals surface area contributed by atoms with Gasteiger partial charge in [-0.05, 0) is 20.8 Å². The number of β-amino-alcohol motifs (C(OH)–C–C–N with tert-alkyl or cyclic N) is 1. The summed E-state index contributed by atoms with van der Waals surface area (Å²) in [5.74, 6) is 2.67. The van der Waals surface area contributed by atoms with Crippen molar-refractivity contribution in [2.75, 3.05) is 49.5 Å². The molecule has 0 spiro atoms. The summed E-state index contributed by atoms with van der Waals surface area (Å²) < 4.78 is 0. The van der Waals surface area contributed by atoms with Gasteiger partial charge in [0, 0.05) is 44.8 Å². The first-order valence-electron chi connectivity index (χ1n) is 7.29. The number of piperazine rings is 1. The Morgan fingerprint density at radius 3 is 2.55 bits per heavy atom. The zero-order valence-corrected chi connectivity index (χ0v) is 12.6. The number of rotatable bonds is 5. The van der Waals surface area contributed by atoms with E-state index in [1.54, 1.807) is 0 Å². The Hall–Kier alpha value is -1.40. The third-order valence-electron chi connectivity index (χ3n) is 3.37. The number of hydrogen-bond acceptors (Lipinski definition) is 6. The van der Waals surface area contributed by atoms with Crippen LogP contribution in [0.4, 0.5) is 11.6 Å². The summed E-state index contributed by atoms with van der Waals surface area (Å²) in [6.07, 6.45) is 0. The Morgan fingerprint density at radius 2 is 1.95 bits per heavy atom. The van der Waals surface area contributed by atoms with Crippen LogP contribution in [0.25, 0.3) is 0 Å². The maximum Gasteiger partial charge on any atom is 0.134 e. The second-order valence-electron chi connectivity index (χ2n) is 5.51. The minimum atomic E-state index is 0.231. The van der Waals surface area contributed by atoms with E-state index in [0.717, 1.165) is 50.2 Å². The van der Waals surface area contributed by atoms with E-state index >= 15 is 0 Å². The summed E-state index contributed by atoms with van der Waals surface area (Å²) in [4.78, 5) is 13.5. The van der Waals surface area contributed by atoms with Crippen LogP contribution in [0.5, 0.6) is 0 Å². The lowest BCUT2D eigenvalue weighted by Gasteiger charge is -2.35. The molecule has 0 radical (unpaired) electrons. The van der Waals surface area contributed by atoms with Crippen LogP contribution >= 0.6 is 0 Å². The molecule has 1 aromatic rings. The smallest absolute Gasteiger partial charge is 0.134 e. The first-order chi connectivity index (χ1) is 9.58. The molecule has 0 aromatic carbocycles. The van der Waals surface area contributed by atoms with E-state index in [4.69, 9.17) is 5.11 Å². The number of nitrogens with zero attached hydrogens (tertiary/aromatic N) is 4. The molecule has 6 heteroatoms. The van der Waals surface area contributed by atoms with Crippen molar-refractivity contribution in [3.63, 3.8) is 0 Å². The molecule has 0 unspecified atom stereocenters. The van der Waals surface area contributed by atoms with E-state index in [9.17, 15) is 0 Å². The van der Waals surface area contributed by atoms with Gasteiger partial charge in [0.2, 0.25) is 0 Å². The highest BCUT2D eigenvalue weighted by Gasteiger charge is 2.18. The summed E-state index contributed by atoms with van der Waals surface area (Å²) >= 11 is 0. The molecule has 112 valence electrons. The lowest BCUT2D eigenvalue weighted by atomic mass is 10.3. The summed E-state index contributed by atoms with van der Waals surface area (Å²) in [6.45, 7) is 10.9. The number of aryl methyl sites for hydroxylation is 1. The third-order valence-corrected chi connectivity index (χ3v) is 3.37. The third kappa shape index (κ3) is 4.05. The van der Waals surface area contributed by atoms with Gasteiger partial charge in [-0.3, -0.25) is 4.90 Å². The van der Waals surface area contributed by atoms with Crippen LogP contribution in [0.1, 0.15) is 19.7 Å². The quantitative estimate of drug-likeness (QED) is 0.828. The van der Waals surface area contributed by atoms with Crippen LogP contribution < -0.4 is 10.2 Å². The molecular formula is C14H25N5O. The van der Waals surface area contributed by atoms with E-state index in [-0.39, 0.29) is 6.61 Å². The SMILES string of the molecule is Cc1nc(NC(C)C)cc(N2CCN(CCO)CC2)n1. The van der Waals surface area contributed by atoms with Gasteiger partial charge >= 0.3 is 0 Å². The molecule has 2 heterocycles. The molecule has 20 heavy (non-hydrogen) atoms. The molecule has 2 rings (SSSR count). The summed E-state index contributed by atoms with van der Waals surface area (Å²) in [5, 5.41) is 12.3. The van der Waals surface area contributed by atoms with Gasteiger partial charge in [0.15, 0.2) is 0 Å². The maximum atomic E-state index is 8.97. The first kappa shape index (κ1) is 15.0. The number of nitrogens with one attached hydrogen (secondary N) is 1. The van der Waals surface area contributed by atoms with Crippen molar-refractivity contribution in [3.8, 4) is 0 Å². The van der Waals surface area contributed by atoms with Crippen molar-refractivity contribution >= 4 is 11.6 Å². The molecule has 0 saturated carbocycles. The number of anilines is 2. The van der Waals surface area contributed by atoms with Crippen LogP contribution in [-0.2, 0) is 0 Å². The van der Waals surface area contributed by atoms with Crippen molar-refractivity contribution < 1.29 is 5.11 Å². The lowest BCUT2D eigenvalue weighted by Crippen LogP contribution is -2.47. The van der Waals surface area contributed by atoms with Crippen molar-refractivity contribution in [1.29, 1.82) is 0 Å². The average Bonchev–Trinajstić information content (AvgIpc) is 2.38. The summed E-state index contributed by atoms with van der Waals surface area (Å²) in [5.41, 5.74) is 0. The molecule has 0 atom stereocenters. The Bertz CT molecular complexity index is 430. The first-order valence-corrected chi connectivity index (χ1v) is 7.29. The number of hydrogen-bond donors (Lipinski definition) is 2. The highest BCUT2D eigenvalue weighted by Crippen LogP contribution is 2.18. The molecule has 1 aromatic heterocycles. The van der Waals surface area contributed by atoms with Crippen molar-refractivity contribution in [1.82, 2.24) is 14.9 Å². The van der Waals surface area contributed by atoms with Gasteiger partial charge in [-0.2, -0.15) is 0 Å². The van der Waals surface area contributed by atoms with Gasteiger partial charge in [-0.25, -0.2) is 9.97 Å². The Balaban J connectivity index is 2.03. The average molecular weight is 279 g/mol. The zero-order chi connectivity index (χ0) is 14.5. The molecule has 1 fully saturated rings. The normalized spacial score (nSPS) is 16.8. The minimum Gasteiger partial charge on any atom is -0.395 e. The Labute approximate surface area is 120 Å². The van der Waals surface area contributed by atoms with E-state index in [0.29, 0.717) is 6.04 Å². The van der Waals surface area contributed by atoms with Gasteiger partial charge in [0.1, 0.15) is 17.5 Å². The molecule has 0 bridgehead atoms. The fraction of sp³-hybridized carbons (Fsp3) is 0.714. The molecule has 0 aliphatic carbocycles. The maximum absolute atomic E-state index is 8.97. The van der Waals surface area contributed by atoms with Gasteiger partial charge in [0.25, 0.3) is 0 Å². The van der Waals surface area contributed by atoms with Crippen molar-refractivity contribution in [3.05, 3.63) is 11.9 Å². The van der Waals surface area contributed by atoms with Gasteiger partial charge < -0.3 is 15.3 Å². The lowest BCUT2D eigenvalue weighted by molar-refractivity contribution is 0.188. The van der Waals surface area contributed by atoms with Crippen LogP contribution in [0.2, 0.25) is 0 Å². The van der Waals surface area contributed by atoms with Crippen molar-refractivity contribution in [2.45, 2.75) is 26.8 Å². The Morgan fingerprint density at radius 1 is 1.25 bits per heavy atom. The van der Waals surface area contributed by atoms with Crippen LogP contribution in [0.15, 0.2) is 6.07 Å². The number of aromatic nitrogens is 2. The highest BCUT2D eigenvalue weighted by atomic mass is 16.3. The fourth-order valence-electron chi connectivity index (χ4n) is 2.43. The summed E-state index contributed by atoms with van der Waals surface area (Å²) in [6, 6.07) is 2.38. The van der Waals surface area contributed by atoms with Crippen molar-refractivity contribution in [2.24, 2.45) is 0 Å². The van der Waals surface area contributed by atoms with Gasteiger partial charge in [-0.15, -0.1) is 0 Å². The van der Waals surface area contributed by atoms with Gasteiger partial charge in [-0.1, -0.05) is 0 Å². The zero-order valence-electron chi connectivity index (χ0n) is 12.6. The predicted molar refractivity (Wildman–Crippen MR) is 81.3 cm³/mol. The topological polar surface area (TPSA) is 64.5 Å². The van der Waals surface area contributed by atoms with Crippen LogP contribution in [0, 0.1) is 6.92 Å². The second-order valence-corrected chi connectivity index (χ2v) is 5.51. The van der Waals surface area contributed by atoms with E-state index in [1.807, 2.05) is 13.0 Å². The predicted octanol–water partition coefficient (Wildman–Crippen LogP) is 0.720. The van der Waals surface area contributed by atoms with Crippen LogP contribution in [-0.4, -0.2) is 65.3 Å². The number of aliphatic hydroxyl groups excluding tert-OH is 1. The minimum absolute atomic E-state index is 0.231. The Kier molecular flexibility index (Phi) is 5.14. The molecule has 6 nitrogen and oxygen atoms in total. The molecule has 0 amide bonds. The van der Waals surface area contributed by atoms with E-state index in [2.05, 4.69) is 38.9 Å². The molecule has 1 aliphatic rings. The summed E-state index contributed by atoms with van der Waals surface area (Å²) in [7, 11) is 0. The van der Waals surface area contributed by atoms with E-state index < -0.39 is 0 Å². The highest BCUT2D eigenvalue weighted by molar-refractivity contribution is 5.50. The molecule has 1 aliphatic heterocycles. The molecular weight excluding hydrogens is 254 g/mol. The van der Waals surface area contributed by atoms with Crippen LogP contribution in [0.3, 0.4) is 0 Å². The largest absolute Gasteiger partial charge is 0.395 e.